The van der Waals surface area contributed by atoms with E-state index in [1.165, 1.54) is 0 Å². The Kier molecular flexibility index (Phi) is 7.09. The molecule has 0 aromatic heterocycles. The Labute approximate surface area is 139 Å². The fourth-order valence-corrected chi connectivity index (χ4v) is 1.84. The first-order chi connectivity index (χ1) is 10.9. The maximum Gasteiger partial charge on any atom is 0.337 e. The number of carbonyl (C=O) groups is 2. The summed E-state index contributed by atoms with van der Waals surface area (Å²) < 4.78 is 0. The minimum atomic E-state index is -0.960. The van der Waals surface area contributed by atoms with Crippen molar-refractivity contribution in [3.05, 3.63) is 58.6 Å². The number of carboxylic acid groups (broad SMARTS) is 2. The summed E-state index contributed by atoms with van der Waals surface area (Å²) in [5, 5.41) is 20.6. The van der Waals surface area contributed by atoms with Gasteiger partial charge in [-0.2, -0.15) is 0 Å². The van der Waals surface area contributed by atoms with E-state index in [2.05, 4.69) is 5.32 Å². The van der Waals surface area contributed by atoms with Crippen LogP contribution >= 0.6 is 11.6 Å². The lowest BCUT2D eigenvalue weighted by Gasteiger charge is -2.12. The maximum absolute atomic E-state index is 11.1. The zero-order valence-corrected chi connectivity index (χ0v) is 13.6. The SMILES string of the molecule is CCC(=O)O.Cc1c(Cl)cccc1Nc1ccccc1C(=O)O. The number of carboxylic acids is 2. The monoisotopic (exact) mass is 335 g/mol. The lowest BCUT2D eigenvalue weighted by Crippen LogP contribution is -2.03. The molecule has 0 heterocycles. The fourth-order valence-electron chi connectivity index (χ4n) is 1.67. The molecule has 2 rings (SSSR count). The van der Waals surface area contributed by atoms with Crippen molar-refractivity contribution in [2.75, 3.05) is 5.32 Å². The fraction of sp³-hybridized carbons (Fsp3) is 0.176. The molecule has 0 saturated heterocycles. The quantitative estimate of drug-likeness (QED) is 0.761. The van der Waals surface area contributed by atoms with Crippen molar-refractivity contribution >= 4 is 34.9 Å². The van der Waals surface area contributed by atoms with E-state index < -0.39 is 11.9 Å². The Bertz CT molecular complexity index is 701. The highest BCUT2D eigenvalue weighted by atomic mass is 35.5. The number of benzene rings is 2. The molecule has 0 amide bonds. The van der Waals surface area contributed by atoms with Gasteiger partial charge in [-0.3, -0.25) is 4.79 Å². The zero-order chi connectivity index (χ0) is 17.4. The molecule has 0 aliphatic carbocycles. The highest BCUT2D eigenvalue weighted by molar-refractivity contribution is 6.31. The highest BCUT2D eigenvalue weighted by Crippen LogP contribution is 2.27. The van der Waals surface area contributed by atoms with Gasteiger partial charge in [-0.05, 0) is 36.8 Å². The first-order valence-electron chi connectivity index (χ1n) is 6.93. The number of nitrogens with one attached hydrogen (secondary N) is 1. The van der Waals surface area contributed by atoms with Gasteiger partial charge in [0.1, 0.15) is 0 Å². The van der Waals surface area contributed by atoms with Gasteiger partial charge >= 0.3 is 11.9 Å². The Hall–Kier alpha value is -2.53. The number of aromatic carboxylic acids is 1. The zero-order valence-electron chi connectivity index (χ0n) is 12.8. The molecule has 3 N–H and O–H groups in total. The standard InChI is InChI=1S/C14H12ClNO2.C3H6O2/c1-9-11(15)6-4-8-12(9)16-13-7-3-2-5-10(13)14(17)18;1-2-3(4)5/h2-8,16H,1H3,(H,17,18);2H2,1H3,(H,4,5). The van der Waals surface area contributed by atoms with Gasteiger partial charge in [-0.15, -0.1) is 0 Å². The third-order valence-electron chi connectivity index (χ3n) is 3.00. The van der Waals surface area contributed by atoms with Crippen LogP contribution in [0.25, 0.3) is 0 Å². The number of aliphatic carboxylic acids is 1. The van der Waals surface area contributed by atoms with E-state index in [0.717, 1.165) is 11.3 Å². The summed E-state index contributed by atoms with van der Waals surface area (Å²) in [5.74, 6) is -1.71. The van der Waals surface area contributed by atoms with E-state index in [4.69, 9.17) is 21.8 Å². The van der Waals surface area contributed by atoms with Gasteiger partial charge in [-0.25, -0.2) is 4.79 Å². The van der Waals surface area contributed by atoms with Gasteiger partial charge in [0.15, 0.2) is 0 Å². The van der Waals surface area contributed by atoms with Crippen LogP contribution in [0.5, 0.6) is 0 Å². The molecule has 2 aromatic carbocycles. The van der Waals surface area contributed by atoms with E-state index in [-0.39, 0.29) is 12.0 Å². The average molecular weight is 336 g/mol. The minimum Gasteiger partial charge on any atom is -0.481 e. The molecule has 0 spiro atoms. The second-order valence-electron chi connectivity index (χ2n) is 4.64. The van der Waals surface area contributed by atoms with Crippen molar-refractivity contribution in [2.45, 2.75) is 20.3 Å². The first kappa shape index (κ1) is 18.5. The molecular weight excluding hydrogens is 318 g/mol. The van der Waals surface area contributed by atoms with Crippen LogP contribution in [0.1, 0.15) is 29.3 Å². The first-order valence-corrected chi connectivity index (χ1v) is 7.30. The average Bonchev–Trinajstić information content (AvgIpc) is 2.52. The van der Waals surface area contributed by atoms with Crippen LogP contribution in [0.15, 0.2) is 42.5 Å². The number of halogens is 1. The predicted octanol–water partition coefficient (Wildman–Crippen LogP) is 4.57. The Balaban J connectivity index is 0.000000463. The second kappa shape index (κ2) is 8.80. The molecule has 0 bridgehead atoms. The Morgan fingerprint density at radius 1 is 1.04 bits per heavy atom. The van der Waals surface area contributed by atoms with Gasteiger partial charge in [0.2, 0.25) is 0 Å². The normalized spacial score (nSPS) is 9.52. The Morgan fingerprint density at radius 3 is 2.17 bits per heavy atom. The van der Waals surface area contributed by atoms with Crippen molar-refractivity contribution < 1.29 is 19.8 Å². The summed E-state index contributed by atoms with van der Waals surface area (Å²) in [7, 11) is 0. The molecule has 2 aromatic rings. The van der Waals surface area contributed by atoms with Gasteiger partial charge in [0.25, 0.3) is 0 Å². The largest absolute Gasteiger partial charge is 0.481 e. The summed E-state index contributed by atoms with van der Waals surface area (Å²) in [6.45, 7) is 3.48. The van der Waals surface area contributed by atoms with Crippen molar-refractivity contribution in [3.63, 3.8) is 0 Å². The van der Waals surface area contributed by atoms with Crippen molar-refractivity contribution in [2.24, 2.45) is 0 Å². The van der Waals surface area contributed by atoms with Crippen molar-refractivity contribution in [1.82, 2.24) is 0 Å². The molecule has 0 saturated carbocycles. The van der Waals surface area contributed by atoms with Crippen LogP contribution < -0.4 is 5.32 Å². The summed E-state index contributed by atoms with van der Waals surface area (Å²) in [6.07, 6.45) is 0.222. The number of anilines is 2. The van der Waals surface area contributed by atoms with Gasteiger partial charge in [0.05, 0.1) is 11.3 Å². The summed E-state index contributed by atoms with van der Waals surface area (Å²) >= 11 is 6.03. The molecule has 0 aliphatic rings. The van der Waals surface area contributed by atoms with E-state index in [0.29, 0.717) is 10.7 Å². The number of para-hydroxylation sites is 1. The van der Waals surface area contributed by atoms with Gasteiger partial charge in [0, 0.05) is 17.1 Å². The van der Waals surface area contributed by atoms with Gasteiger partial charge < -0.3 is 15.5 Å². The van der Waals surface area contributed by atoms with Crippen molar-refractivity contribution in [1.29, 1.82) is 0 Å². The number of hydrogen-bond acceptors (Lipinski definition) is 3. The molecular formula is C17H18ClNO4. The molecule has 0 fully saturated rings. The highest BCUT2D eigenvalue weighted by Gasteiger charge is 2.10. The van der Waals surface area contributed by atoms with Crippen LogP contribution in [0.3, 0.4) is 0 Å². The molecule has 0 atom stereocenters. The van der Waals surface area contributed by atoms with Crippen LogP contribution in [-0.4, -0.2) is 22.2 Å². The van der Waals surface area contributed by atoms with Crippen LogP contribution in [-0.2, 0) is 4.79 Å². The molecule has 122 valence electrons. The molecule has 6 heteroatoms. The van der Waals surface area contributed by atoms with E-state index in [1.807, 2.05) is 19.1 Å². The van der Waals surface area contributed by atoms with Crippen molar-refractivity contribution in [3.8, 4) is 0 Å². The second-order valence-corrected chi connectivity index (χ2v) is 5.04. The minimum absolute atomic E-state index is 0.222. The predicted molar refractivity (Wildman–Crippen MR) is 90.8 cm³/mol. The van der Waals surface area contributed by atoms with Gasteiger partial charge in [-0.1, -0.05) is 36.7 Å². The molecule has 5 nitrogen and oxygen atoms in total. The summed E-state index contributed by atoms with van der Waals surface area (Å²) in [6, 6.07) is 12.2. The van der Waals surface area contributed by atoms with Crippen LogP contribution in [0.4, 0.5) is 11.4 Å². The molecule has 0 unspecified atom stereocenters. The number of rotatable bonds is 4. The summed E-state index contributed by atoms with van der Waals surface area (Å²) in [5.41, 5.74) is 2.47. The van der Waals surface area contributed by atoms with E-state index >= 15 is 0 Å². The third-order valence-corrected chi connectivity index (χ3v) is 3.41. The lowest BCUT2D eigenvalue weighted by molar-refractivity contribution is -0.136. The molecule has 23 heavy (non-hydrogen) atoms. The van der Waals surface area contributed by atoms with E-state index in [1.54, 1.807) is 37.3 Å². The molecule has 0 aliphatic heterocycles. The number of hydrogen-bond donors (Lipinski definition) is 3. The van der Waals surface area contributed by atoms with Crippen LogP contribution in [0, 0.1) is 6.92 Å². The summed E-state index contributed by atoms with van der Waals surface area (Å²) in [4.78, 5) is 20.5. The van der Waals surface area contributed by atoms with Crippen LogP contribution in [0.2, 0.25) is 5.02 Å². The third kappa shape index (κ3) is 5.64. The topological polar surface area (TPSA) is 86.6 Å². The lowest BCUT2D eigenvalue weighted by atomic mass is 10.1. The van der Waals surface area contributed by atoms with E-state index in [9.17, 15) is 9.59 Å². The smallest absolute Gasteiger partial charge is 0.337 e. The Morgan fingerprint density at radius 2 is 1.61 bits per heavy atom. The maximum atomic E-state index is 11.1. The molecule has 0 radical (unpaired) electrons.